The summed E-state index contributed by atoms with van der Waals surface area (Å²) >= 11 is 0. The highest BCUT2D eigenvalue weighted by atomic mass is 19.1. The Morgan fingerprint density at radius 3 is 2.48 bits per heavy atom. The normalized spacial score (nSPS) is 20.7. The highest BCUT2D eigenvalue weighted by molar-refractivity contribution is 6.07. The summed E-state index contributed by atoms with van der Waals surface area (Å²) in [6.45, 7) is 1.44. The van der Waals surface area contributed by atoms with Gasteiger partial charge in [-0.2, -0.15) is 0 Å². The highest BCUT2D eigenvalue weighted by Crippen LogP contribution is 2.31. The van der Waals surface area contributed by atoms with Crippen molar-refractivity contribution in [1.82, 2.24) is 10.2 Å². The predicted octanol–water partition coefficient (Wildman–Crippen LogP) is 2.93. The number of urea groups is 1. The van der Waals surface area contributed by atoms with Crippen LogP contribution in [0.2, 0.25) is 0 Å². The number of nitrogens with one attached hydrogen (secondary N) is 1. The van der Waals surface area contributed by atoms with Crippen LogP contribution in [0.3, 0.4) is 0 Å². The van der Waals surface area contributed by atoms with E-state index < -0.39 is 29.1 Å². The van der Waals surface area contributed by atoms with Crippen molar-refractivity contribution in [3.05, 3.63) is 71.3 Å². The number of benzene rings is 2. The van der Waals surface area contributed by atoms with Gasteiger partial charge in [-0.15, -0.1) is 0 Å². The van der Waals surface area contributed by atoms with Gasteiger partial charge in [-0.3, -0.25) is 9.69 Å². The summed E-state index contributed by atoms with van der Waals surface area (Å²) < 4.78 is 27.5. The van der Waals surface area contributed by atoms with Crippen LogP contribution in [0.25, 0.3) is 0 Å². The van der Waals surface area contributed by atoms with Gasteiger partial charge >= 0.3 is 6.03 Å². The molecule has 0 aliphatic carbocycles. The Kier molecular flexibility index (Phi) is 3.60. The van der Waals surface area contributed by atoms with E-state index in [0.717, 1.165) is 28.7 Å². The molecular formula is C17H14F2N2O2. The number of hydrogen-bond acceptors (Lipinski definition) is 2. The highest BCUT2D eigenvalue weighted by Gasteiger charge is 2.50. The molecule has 0 spiro atoms. The summed E-state index contributed by atoms with van der Waals surface area (Å²) in [5.74, 6) is -2.04. The quantitative estimate of drug-likeness (QED) is 0.885. The Labute approximate surface area is 131 Å². The lowest BCUT2D eigenvalue weighted by Gasteiger charge is -2.22. The van der Waals surface area contributed by atoms with E-state index in [0.29, 0.717) is 0 Å². The van der Waals surface area contributed by atoms with Gasteiger partial charge in [0.25, 0.3) is 5.91 Å². The molecule has 0 saturated carbocycles. The largest absolute Gasteiger partial charge is 0.325 e. The second-order valence-electron chi connectivity index (χ2n) is 5.56. The topological polar surface area (TPSA) is 49.4 Å². The molecule has 0 bridgehead atoms. The Morgan fingerprint density at radius 2 is 1.78 bits per heavy atom. The lowest BCUT2D eigenvalue weighted by molar-refractivity contribution is -0.131. The minimum absolute atomic E-state index is 0.0675. The van der Waals surface area contributed by atoms with Gasteiger partial charge in [0.1, 0.15) is 17.2 Å². The van der Waals surface area contributed by atoms with E-state index in [1.54, 1.807) is 24.3 Å². The van der Waals surface area contributed by atoms with Gasteiger partial charge in [-0.1, -0.05) is 30.3 Å². The third-order valence-electron chi connectivity index (χ3n) is 3.93. The van der Waals surface area contributed by atoms with Crippen LogP contribution < -0.4 is 5.32 Å². The smallest absolute Gasteiger partial charge is 0.319 e. The van der Waals surface area contributed by atoms with Crippen molar-refractivity contribution >= 4 is 11.9 Å². The van der Waals surface area contributed by atoms with E-state index >= 15 is 0 Å². The number of amides is 3. The van der Waals surface area contributed by atoms with E-state index in [-0.39, 0.29) is 12.1 Å². The monoisotopic (exact) mass is 316 g/mol. The first-order valence-electron chi connectivity index (χ1n) is 7.05. The third-order valence-corrected chi connectivity index (χ3v) is 3.93. The van der Waals surface area contributed by atoms with Crippen LogP contribution in [-0.4, -0.2) is 16.8 Å². The minimum atomic E-state index is -1.63. The Morgan fingerprint density at radius 1 is 1.09 bits per heavy atom. The van der Waals surface area contributed by atoms with Gasteiger partial charge in [-0.25, -0.2) is 13.6 Å². The number of imide groups is 1. The first kappa shape index (κ1) is 15.1. The predicted molar refractivity (Wildman–Crippen MR) is 79.2 cm³/mol. The molecule has 1 N–H and O–H groups in total. The molecule has 0 unspecified atom stereocenters. The zero-order chi connectivity index (χ0) is 16.6. The first-order chi connectivity index (χ1) is 10.9. The van der Waals surface area contributed by atoms with E-state index in [1.165, 1.54) is 6.92 Å². The summed E-state index contributed by atoms with van der Waals surface area (Å²) in [4.78, 5) is 25.8. The maximum absolute atomic E-state index is 14.0. The van der Waals surface area contributed by atoms with E-state index in [1.807, 2.05) is 6.07 Å². The molecule has 3 rings (SSSR count). The number of carbonyl (C=O) groups is 2. The SMILES string of the molecule is C[C@]1(c2cc(F)ccc2F)NC(=O)N(Cc2ccccc2)C1=O. The molecule has 118 valence electrons. The zero-order valence-electron chi connectivity index (χ0n) is 12.3. The van der Waals surface area contributed by atoms with Crippen molar-refractivity contribution in [3.8, 4) is 0 Å². The van der Waals surface area contributed by atoms with Crippen LogP contribution in [0.4, 0.5) is 13.6 Å². The summed E-state index contributed by atoms with van der Waals surface area (Å²) in [6, 6.07) is 11.2. The van der Waals surface area contributed by atoms with Crippen LogP contribution in [0.1, 0.15) is 18.1 Å². The molecule has 4 nitrogen and oxygen atoms in total. The molecule has 3 amide bonds. The van der Waals surface area contributed by atoms with Crippen LogP contribution >= 0.6 is 0 Å². The molecule has 6 heteroatoms. The number of rotatable bonds is 3. The maximum Gasteiger partial charge on any atom is 0.325 e. The van der Waals surface area contributed by atoms with E-state index in [4.69, 9.17) is 0 Å². The van der Waals surface area contributed by atoms with Crippen molar-refractivity contribution in [2.24, 2.45) is 0 Å². The Bertz CT molecular complexity index is 779. The Balaban J connectivity index is 1.95. The minimum Gasteiger partial charge on any atom is -0.319 e. The standard InChI is InChI=1S/C17H14F2N2O2/c1-17(13-9-12(18)7-8-14(13)19)15(22)21(16(23)20-17)10-11-5-3-2-4-6-11/h2-9H,10H2,1H3,(H,20,23)/t17-/m1/s1. The number of carbonyl (C=O) groups excluding carboxylic acids is 2. The number of nitrogens with zero attached hydrogens (tertiary/aromatic N) is 1. The summed E-state index contributed by atoms with van der Waals surface area (Å²) in [7, 11) is 0. The molecule has 23 heavy (non-hydrogen) atoms. The fraction of sp³-hybridized carbons (Fsp3) is 0.176. The molecule has 1 heterocycles. The van der Waals surface area contributed by atoms with Gasteiger partial charge in [0.2, 0.25) is 0 Å². The molecule has 1 saturated heterocycles. The van der Waals surface area contributed by atoms with Gasteiger partial charge in [0.05, 0.1) is 6.54 Å². The molecule has 0 aromatic heterocycles. The summed E-state index contributed by atoms with van der Waals surface area (Å²) in [5.41, 5.74) is -1.05. The summed E-state index contributed by atoms with van der Waals surface area (Å²) in [5, 5.41) is 2.47. The maximum atomic E-state index is 14.0. The molecule has 1 atom stereocenters. The zero-order valence-corrected chi connectivity index (χ0v) is 12.3. The van der Waals surface area contributed by atoms with Crippen LogP contribution in [0.5, 0.6) is 0 Å². The van der Waals surface area contributed by atoms with Gasteiger partial charge in [0.15, 0.2) is 0 Å². The van der Waals surface area contributed by atoms with Crippen molar-refractivity contribution in [2.75, 3.05) is 0 Å². The number of halogens is 2. The second-order valence-corrected chi connectivity index (χ2v) is 5.56. The lowest BCUT2D eigenvalue weighted by Crippen LogP contribution is -2.41. The summed E-state index contributed by atoms with van der Waals surface area (Å²) in [6.07, 6.45) is 0. The molecule has 1 aliphatic rings. The van der Waals surface area contributed by atoms with Crippen molar-refractivity contribution in [1.29, 1.82) is 0 Å². The van der Waals surface area contributed by atoms with Gasteiger partial charge < -0.3 is 5.32 Å². The van der Waals surface area contributed by atoms with Gasteiger partial charge in [0, 0.05) is 5.56 Å². The average Bonchev–Trinajstić information content (AvgIpc) is 2.75. The number of hydrogen-bond donors (Lipinski definition) is 1. The fourth-order valence-corrected chi connectivity index (χ4v) is 2.67. The Hall–Kier alpha value is -2.76. The van der Waals surface area contributed by atoms with Crippen LogP contribution in [-0.2, 0) is 16.9 Å². The van der Waals surface area contributed by atoms with Crippen LogP contribution in [0.15, 0.2) is 48.5 Å². The van der Waals surface area contributed by atoms with E-state index in [9.17, 15) is 18.4 Å². The molecular weight excluding hydrogens is 302 g/mol. The van der Waals surface area contributed by atoms with Crippen molar-refractivity contribution in [2.45, 2.75) is 19.0 Å². The van der Waals surface area contributed by atoms with Crippen LogP contribution in [0, 0.1) is 11.6 Å². The molecule has 2 aromatic carbocycles. The molecule has 1 aliphatic heterocycles. The molecule has 2 aromatic rings. The second kappa shape index (κ2) is 5.46. The molecule has 0 radical (unpaired) electrons. The van der Waals surface area contributed by atoms with E-state index in [2.05, 4.69) is 5.32 Å². The molecule has 1 fully saturated rings. The average molecular weight is 316 g/mol. The first-order valence-corrected chi connectivity index (χ1v) is 7.05. The third kappa shape index (κ3) is 2.56. The van der Waals surface area contributed by atoms with Gasteiger partial charge in [-0.05, 0) is 30.7 Å². The lowest BCUT2D eigenvalue weighted by atomic mass is 9.91. The van der Waals surface area contributed by atoms with Crippen molar-refractivity contribution < 1.29 is 18.4 Å². The van der Waals surface area contributed by atoms with Crippen molar-refractivity contribution in [3.63, 3.8) is 0 Å². The fourth-order valence-electron chi connectivity index (χ4n) is 2.67.